The van der Waals surface area contributed by atoms with Gasteiger partial charge in [-0.15, -0.1) is 5.10 Å². The van der Waals surface area contributed by atoms with Gasteiger partial charge in [-0.25, -0.2) is 9.97 Å². The highest BCUT2D eigenvalue weighted by atomic mass is 35.5. The summed E-state index contributed by atoms with van der Waals surface area (Å²) in [6.07, 6.45) is 5.86. The van der Waals surface area contributed by atoms with Crippen LogP contribution in [-0.4, -0.2) is 55.6 Å². The van der Waals surface area contributed by atoms with Crippen LogP contribution in [0.4, 0.5) is 29.1 Å². The van der Waals surface area contributed by atoms with Gasteiger partial charge >= 0.3 is 0 Å². The predicted octanol–water partition coefficient (Wildman–Crippen LogP) is 3.12. The molecule has 10 nitrogen and oxygen atoms in total. The molecular weight excluding hydrogens is 428 g/mol. The van der Waals surface area contributed by atoms with Crippen molar-refractivity contribution in [3.8, 4) is 0 Å². The zero-order chi connectivity index (χ0) is 22.2. The van der Waals surface area contributed by atoms with Crippen LogP contribution in [0.3, 0.4) is 0 Å². The Morgan fingerprint density at radius 2 is 2.00 bits per heavy atom. The summed E-state index contributed by atoms with van der Waals surface area (Å²) >= 11 is 6.48. The molecule has 1 atom stereocenters. The molecule has 0 radical (unpaired) electrons. The third-order valence-corrected chi connectivity index (χ3v) is 6.23. The van der Waals surface area contributed by atoms with Crippen LogP contribution < -0.4 is 20.9 Å². The van der Waals surface area contributed by atoms with Crippen LogP contribution >= 0.6 is 11.6 Å². The Balaban J connectivity index is 1.46. The summed E-state index contributed by atoms with van der Waals surface area (Å²) in [5.41, 5.74) is 2.88. The Labute approximate surface area is 191 Å². The van der Waals surface area contributed by atoms with E-state index in [9.17, 15) is 0 Å². The van der Waals surface area contributed by atoms with E-state index >= 15 is 0 Å². The van der Waals surface area contributed by atoms with Gasteiger partial charge in [-0.2, -0.15) is 14.9 Å². The van der Waals surface area contributed by atoms with Gasteiger partial charge in [0.1, 0.15) is 5.82 Å². The van der Waals surface area contributed by atoms with E-state index in [4.69, 9.17) is 16.6 Å². The van der Waals surface area contributed by atoms with Gasteiger partial charge in [0, 0.05) is 32.7 Å². The molecule has 2 fully saturated rings. The lowest BCUT2D eigenvalue weighted by Gasteiger charge is -2.34. The molecule has 0 amide bonds. The number of aryl methyl sites for hydroxylation is 2. The molecule has 3 aromatic rings. The van der Waals surface area contributed by atoms with Gasteiger partial charge < -0.3 is 20.9 Å². The summed E-state index contributed by atoms with van der Waals surface area (Å²) < 4.78 is 0. The SMILES string of the molecule is Cc1nc(Nc2ncc(N3CCNC(C)C3)c(Nc3cnn(C)n3)n2)cc(C2CC2)c1Cl. The van der Waals surface area contributed by atoms with Gasteiger partial charge in [0.15, 0.2) is 11.6 Å². The molecule has 3 aromatic heterocycles. The van der Waals surface area contributed by atoms with Gasteiger partial charge in [0.2, 0.25) is 5.95 Å². The Morgan fingerprint density at radius 3 is 2.72 bits per heavy atom. The summed E-state index contributed by atoms with van der Waals surface area (Å²) in [4.78, 5) is 17.7. The van der Waals surface area contributed by atoms with E-state index in [0.29, 0.717) is 35.4 Å². The lowest BCUT2D eigenvalue weighted by Crippen LogP contribution is -2.49. The minimum atomic E-state index is 0.382. The summed E-state index contributed by atoms with van der Waals surface area (Å²) in [7, 11) is 1.78. The van der Waals surface area contributed by atoms with E-state index in [2.05, 4.69) is 47.9 Å². The van der Waals surface area contributed by atoms with E-state index in [0.717, 1.165) is 41.6 Å². The Hall–Kier alpha value is -2.98. The smallest absolute Gasteiger partial charge is 0.230 e. The quantitative estimate of drug-likeness (QED) is 0.517. The van der Waals surface area contributed by atoms with E-state index < -0.39 is 0 Å². The van der Waals surface area contributed by atoms with Crippen molar-refractivity contribution in [2.45, 2.75) is 38.6 Å². The first kappa shape index (κ1) is 20.9. The van der Waals surface area contributed by atoms with Crippen molar-refractivity contribution in [2.75, 3.05) is 35.2 Å². The molecule has 1 aliphatic heterocycles. The average molecular weight is 455 g/mol. The molecule has 32 heavy (non-hydrogen) atoms. The van der Waals surface area contributed by atoms with Crippen molar-refractivity contribution >= 4 is 40.7 Å². The minimum absolute atomic E-state index is 0.382. The van der Waals surface area contributed by atoms with Crippen molar-refractivity contribution in [1.29, 1.82) is 0 Å². The second-order valence-electron chi connectivity index (χ2n) is 8.47. The normalized spacial score (nSPS) is 18.6. The zero-order valence-electron chi connectivity index (χ0n) is 18.4. The van der Waals surface area contributed by atoms with Crippen LogP contribution in [0.15, 0.2) is 18.5 Å². The monoisotopic (exact) mass is 454 g/mol. The summed E-state index contributed by atoms with van der Waals surface area (Å²) in [6, 6.07) is 2.39. The number of hydrogen-bond donors (Lipinski definition) is 3. The maximum atomic E-state index is 6.48. The van der Waals surface area contributed by atoms with E-state index in [1.54, 1.807) is 13.2 Å². The molecule has 1 unspecified atom stereocenters. The van der Waals surface area contributed by atoms with Crippen molar-refractivity contribution in [2.24, 2.45) is 7.05 Å². The highest BCUT2D eigenvalue weighted by Gasteiger charge is 2.27. The summed E-state index contributed by atoms with van der Waals surface area (Å²) in [5, 5.41) is 19.3. The molecule has 2 aliphatic rings. The lowest BCUT2D eigenvalue weighted by atomic mass is 10.1. The molecule has 4 heterocycles. The fourth-order valence-corrected chi connectivity index (χ4v) is 4.24. The topological polar surface area (TPSA) is 109 Å². The molecule has 3 N–H and O–H groups in total. The highest BCUT2D eigenvalue weighted by Crippen LogP contribution is 2.44. The standard InChI is InChI=1S/C21H27ClN10/c1-12-11-32(7-6-23-12)16-9-24-21(29-20(16)27-18-10-25-31(3)30-18)28-17-8-15(14-4-5-14)19(22)13(2)26-17/h8-10,12,14,23H,4-7,11H2,1-3H3,(H2,24,26,27,28,29,30). The van der Waals surface area contributed by atoms with Crippen LogP contribution in [-0.2, 0) is 7.05 Å². The first-order valence-corrected chi connectivity index (χ1v) is 11.3. The average Bonchev–Trinajstić information content (AvgIpc) is 3.52. The third-order valence-electron chi connectivity index (χ3n) is 5.73. The van der Waals surface area contributed by atoms with Gasteiger partial charge in [-0.1, -0.05) is 11.6 Å². The van der Waals surface area contributed by atoms with Gasteiger partial charge in [-0.3, -0.25) is 0 Å². The lowest BCUT2D eigenvalue weighted by molar-refractivity contribution is 0.484. The van der Waals surface area contributed by atoms with Gasteiger partial charge in [0.05, 0.1) is 28.8 Å². The maximum absolute atomic E-state index is 6.48. The Bertz CT molecular complexity index is 1130. The van der Waals surface area contributed by atoms with E-state index in [1.165, 1.54) is 17.6 Å². The number of aromatic nitrogens is 6. The van der Waals surface area contributed by atoms with Crippen LogP contribution in [0.25, 0.3) is 0 Å². The van der Waals surface area contributed by atoms with Crippen molar-refractivity contribution in [3.63, 3.8) is 0 Å². The van der Waals surface area contributed by atoms with Crippen LogP contribution in [0, 0.1) is 6.92 Å². The number of pyridine rings is 1. The van der Waals surface area contributed by atoms with Gasteiger partial charge in [0.25, 0.3) is 0 Å². The number of anilines is 5. The Kier molecular flexibility index (Phi) is 5.56. The second kappa shape index (κ2) is 8.51. The summed E-state index contributed by atoms with van der Waals surface area (Å²) in [5.74, 6) is 2.97. The molecular formula is C21H27ClN10. The molecule has 0 aromatic carbocycles. The van der Waals surface area contributed by atoms with E-state index in [1.807, 2.05) is 19.2 Å². The first-order chi connectivity index (χ1) is 15.5. The zero-order valence-corrected chi connectivity index (χ0v) is 19.2. The first-order valence-electron chi connectivity index (χ1n) is 10.9. The van der Waals surface area contributed by atoms with Crippen LogP contribution in [0.5, 0.6) is 0 Å². The number of hydrogen-bond acceptors (Lipinski definition) is 9. The molecule has 1 saturated heterocycles. The van der Waals surface area contributed by atoms with Crippen molar-refractivity contribution < 1.29 is 0 Å². The number of nitrogens with one attached hydrogen (secondary N) is 3. The molecule has 0 spiro atoms. The minimum Gasteiger partial charge on any atom is -0.364 e. The Morgan fingerprint density at radius 1 is 1.16 bits per heavy atom. The number of piperazine rings is 1. The fourth-order valence-electron chi connectivity index (χ4n) is 3.99. The van der Waals surface area contributed by atoms with Crippen molar-refractivity contribution in [1.82, 2.24) is 35.3 Å². The molecule has 168 valence electrons. The molecule has 11 heteroatoms. The molecule has 1 saturated carbocycles. The number of nitrogens with zero attached hydrogens (tertiary/aromatic N) is 7. The third kappa shape index (κ3) is 4.46. The molecule has 5 rings (SSSR count). The predicted molar refractivity (Wildman–Crippen MR) is 125 cm³/mol. The summed E-state index contributed by atoms with van der Waals surface area (Å²) in [6.45, 7) is 6.75. The molecule has 0 bridgehead atoms. The largest absolute Gasteiger partial charge is 0.364 e. The fraction of sp³-hybridized carbons (Fsp3) is 0.476. The molecule has 1 aliphatic carbocycles. The van der Waals surface area contributed by atoms with Crippen LogP contribution in [0.2, 0.25) is 5.02 Å². The second-order valence-corrected chi connectivity index (χ2v) is 8.85. The highest BCUT2D eigenvalue weighted by molar-refractivity contribution is 6.32. The van der Waals surface area contributed by atoms with Gasteiger partial charge in [-0.05, 0) is 44.2 Å². The van der Waals surface area contributed by atoms with E-state index in [-0.39, 0.29) is 0 Å². The number of halogens is 1. The number of rotatable bonds is 6. The van der Waals surface area contributed by atoms with Crippen LogP contribution in [0.1, 0.15) is 36.9 Å². The maximum Gasteiger partial charge on any atom is 0.230 e. The van der Waals surface area contributed by atoms with Crippen molar-refractivity contribution in [3.05, 3.63) is 34.7 Å².